The minimum atomic E-state index is -1.90. The van der Waals surface area contributed by atoms with Gasteiger partial charge in [0, 0.05) is 24.1 Å². The third kappa shape index (κ3) is 12.0. The molecule has 5 atom stereocenters. The summed E-state index contributed by atoms with van der Waals surface area (Å²) in [6.45, 7) is 1.76. The van der Waals surface area contributed by atoms with E-state index in [4.69, 9.17) is 18.6 Å². The lowest BCUT2D eigenvalue weighted by atomic mass is 9.99. The Morgan fingerprint density at radius 1 is 0.698 bits per heavy atom. The van der Waals surface area contributed by atoms with Crippen LogP contribution in [0.4, 0.5) is 0 Å². The second-order valence-corrected chi connectivity index (χ2v) is 14.0. The standard InChI is InChI=1S/C40H56O13/c1-2-3-4-5-6-7-8-9-10-11-12-13-14-15-16-17-18-32(45)50-24-31-34(46)36(48)37(49)40(52-31)53-39-35(47)33-29(44)22-26(41)23-30(33)51-38(39)25-19-20-27(42)28(43)21-25/h19-23,31,34,36-37,40-44,46,48-49H,2-18,24H2,1H3/t31-,34-,36+,37-,40+/m1/s1. The Hall–Kier alpha value is -4.04. The van der Waals surface area contributed by atoms with Crippen LogP contribution in [-0.2, 0) is 14.3 Å². The van der Waals surface area contributed by atoms with Crippen molar-refractivity contribution in [2.45, 2.75) is 147 Å². The van der Waals surface area contributed by atoms with Crippen LogP contribution in [-0.4, -0.2) is 79.0 Å². The summed E-state index contributed by atoms with van der Waals surface area (Å²) in [7, 11) is 0. The summed E-state index contributed by atoms with van der Waals surface area (Å²) in [5.74, 6) is -3.59. The van der Waals surface area contributed by atoms with Gasteiger partial charge in [-0.25, -0.2) is 0 Å². The molecule has 2 heterocycles. The Morgan fingerprint density at radius 3 is 1.87 bits per heavy atom. The number of fused-ring (bicyclic) bond motifs is 1. The minimum Gasteiger partial charge on any atom is -0.508 e. The molecule has 13 nitrogen and oxygen atoms in total. The average Bonchev–Trinajstić information content (AvgIpc) is 3.12. The van der Waals surface area contributed by atoms with E-state index in [2.05, 4.69) is 6.92 Å². The number of hydrogen-bond donors (Lipinski definition) is 7. The van der Waals surface area contributed by atoms with Gasteiger partial charge in [0.2, 0.25) is 17.5 Å². The molecule has 0 amide bonds. The number of unbranched alkanes of at least 4 members (excludes halogenated alkanes) is 15. The fourth-order valence-corrected chi connectivity index (χ4v) is 6.56. The quantitative estimate of drug-likeness (QED) is 0.0326. The van der Waals surface area contributed by atoms with E-state index in [1.54, 1.807) is 0 Å². The number of phenolic OH excluding ortho intramolecular Hbond substituents is 4. The number of hydrogen-bond acceptors (Lipinski definition) is 13. The first-order valence-corrected chi connectivity index (χ1v) is 19.1. The molecule has 53 heavy (non-hydrogen) atoms. The van der Waals surface area contributed by atoms with Gasteiger partial charge in [0.15, 0.2) is 17.3 Å². The summed E-state index contributed by atoms with van der Waals surface area (Å²) in [5, 5.41) is 71.9. The molecule has 0 spiro atoms. The Balaban J connectivity index is 1.25. The van der Waals surface area contributed by atoms with Gasteiger partial charge < -0.3 is 54.4 Å². The van der Waals surface area contributed by atoms with Gasteiger partial charge >= 0.3 is 5.97 Å². The van der Waals surface area contributed by atoms with Gasteiger partial charge in [0.05, 0.1) is 0 Å². The van der Waals surface area contributed by atoms with Crippen molar-refractivity contribution in [2.75, 3.05) is 6.61 Å². The van der Waals surface area contributed by atoms with E-state index in [0.717, 1.165) is 43.5 Å². The van der Waals surface area contributed by atoms with Crippen LogP contribution in [0.25, 0.3) is 22.3 Å². The highest BCUT2D eigenvalue weighted by Crippen LogP contribution is 2.39. The SMILES string of the molecule is CCCCCCCCCCCCCCCCCCC(=O)OC[C@H]1O[C@@H](Oc2c(-c3ccc(O)c(O)c3)oc3cc(O)cc(O)c3c2=O)[C@H](O)[C@@H](O)[C@@H]1O. The normalized spacial score (nSPS) is 20.1. The van der Waals surface area contributed by atoms with Crippen molar-refractivity contribution in [3.63, 3.8) is 0 Å². The van der Waals surface area contributed by atoms with Gasteiger partial charge in [0.1, 0.15) is 53.5 Å². The highest BCUT2D eigenvalue weighted by molar-refractivity contribution is 5.88. The van der Waals surface area contributed by atoms with Crippen LogP contribution in [0.2, 0.25) is 0 Å². The van der Waals surface area contributed by atoms with E-state index in [-0.39, 0.29) is 23.3 Å². The number of carbonyl (C=O) groups excluding carboxylic acids is 1. The van der Waals surface area contributed by atoms with Gasteiger partial charge in [-0.3, -0.25) is 9.59 Å². The summed E-state index contributed by atoms with van der Waals surface area (Å²) < 4.78 is 22.6. The predicted molar refractivity (Wildman–Crippen MR) is 197 cm³/mol. The molecule has 2 aromatic carbocycles. The zero-order chi connectivity index (χ0) is 38.3. The van der Waals surface area contributed by atoms with Crippen molar-refractivity contribution in [3.8, 4) is 40.1 Å². The molecule has 0 unspecified atom stereocenters. The zero-order valence-electron chi connectivity index (χ0n) is 30.6. The first-order valence-electron chi connectivity index (χ1n) is 19.1. The summed E-state index contributed by atoms with van der Waals surface area (Å²) >= 11 is 0. The summed E-state index contributed by atoms with van der Waals surface area (Å²) in [4.78, 5) is 26.2. The van der Waals surface area contributed by atoms with Crippen molar-refractivity contribution >= 4 is 16.9 Å². The number of aliphatic hydroxyl groups excluding tert-OH is 3. The molecule has 7 N–H and O–H groups in total. The molecule has 0 aliphatic carbocycles. The van der Waals surface area contributed by atoms with Gasteiger partial charge in [-0.05, 0) is 24.6 Å². The van der Waals surface area contributed by atoms with E-state index < -0.39 is 82.8 Å². The monoisotopic (exact) mass is 744 g/mol. The lowest BCUT2D eigenvalue weighted by Gasteiger charge is -2.39. The van der Waals surface area contributed by atoms with Crippen LogP contribution >= 0.6 is 0 Å². The van der Waals surface area contributed by atoms with E-state index in [1.807, 2.05) is 0 Å². The molecule has 1 fully saturated rings. The number of carbonyl (C=O) groups is 1. The van der Waals surface area contributed by atoms with Crippen LogP contribution in [0.1, 0.15) is 116 Å². The maximum absolute atomic E-state index is 13.7. The molecule has 0 bridgehead atoms. The second-order valence-electron chi connectivity index (χ2n) is 14.0. The van der Waals surface area contributed by atoms with Crippen molar-refractivity contribution in [2.24, 2.45) is 0 Å². The van der Waals surface area contributed by atoms with Gasteiger partial charge in [0.25, 0.3) is 0 Å². The molecule has 1 aliphatic rings. The largest absolute Gasteiger partial charge is 0.508 e. The number of ether oxygens (including phenoxy) is 3. The zero-order valence-corrected chi connectivity index (χ0v) is 30.6. The van der Waals surface area contributed by atoms with E-state index in [0.29, 0.717) is 6.42 Å². The molecule has 1 aliphatic heterocycles. The molecule has 3 aromatic rings. The van der Waals surface area contributed by atoms with Crippen molar-refractivity contribution < 1.29 is 59.2 Å². The van der Waals surface area contributed by atoms with Crippen LogP contribution in [0.3, 0.4) is 0 Å². The number of aromatic hydroxyl groups is 4. The highest BCUT2D eigenvalue weighted by Gasteiger charge is 2.46. The smallest absolute Gasteiger partial charge is 0.305 e. The fourth-order valence-electron chi connectivity index (χ4n) is 6.56. The maximum Gasteiger partial charge on any atom is 0.305 e. The Labute approximate surface area is 309 Å². The van der Waals surface area contributed by atoms with Gasteiger partial charge in [-0.2, -0.15) is 0 Å². The second kappa shape index (κ2) is 21.0. The molecule has 0 saturated carbocycles. The van der Waals surface area contributed by atoms with Crippen LogP contribution in [0.15, 0.2) is 39.5 Å². The third-order valence-corrected chi connectivity index (χ3v) is 9.70. The fraction of sp³-hybridized carbons (Fsp3) is 0.600. The summed E-state index contributed by atoms with van der Waals surface area (Å²) in [6, 6.07) is 5.45. The number of benzene rings is 2. The lowest BCUT2D eigenvalue weighted by molar-refractivity contribution is -0.278. The van der Waals surface area contributed by atoms with Crippen LogP contribution < -0.4 is 10.2 Å². The van der Waals surface area contributed by atoms with Crippen molar-refractivity contribution in [3.05, 3.63) is 40.6 Å². The lowest BCUT2D eigenvalue weighted by Crippen LogP contribution is -2.60. The van der Waals surface area contributed by atoms with E-state index in [1.165, 1.54) is 83.1 Å². The van der Waals surface area contributed by atoms with Crippen molar-refractivity contribution in [1.29, 1.82) is 0 Å². The van der Waals surface area contributed by atoms with E-state index in [9.17, 15) is 45.3 Å². The Kier molecular flexibility index (Phi) is 16.5. The number of rotatable bonds is 22. The highest BCUT2D eigenvalue weighted by atomic mass is 16.7. The van der Waals surface area contributed by atoms with Crippen molar-refractivity contribution in [1.82, 2.24) is 0 Å². The molecular weight excluding hydrogens is 688 g/mol. The van der Waals surface area contributed by atoms with E-state index >= 15 is 0 Å². The molecule has 0 radical (unpaired) electrons. The maximum atomic E-state index is 13.7. The van der Waals surface area contributed by atoms with Gasteiger partial charge in [-0.15, -0.1) is 0 Å². The third-order valence-electron chi connectivity index (χ3n) is 9.70. The number of phenols is 4. The first kappa shape index (κ1) is 41.7. The minimum absolute atomic E-state index is 0.0163. The summed E-state index contributed by atoms with van der Waals surface area (Å²) in [5.41, 5.74) is -1.20. The van der Waals surface area contributed by atoms with Crippen LogP contribution in [0.5, 0.6) is 28.7 Å². The van der Waals surface area contributed by atoms with Crippen LogP contribution in [0, 0.1) is 0 Å². The predicted octanol–water partition coefficient (Wildman–Crippen LogP) is 6.66. The molecule has 294 valence electrons. The molecule has 4 rings (SSSR count). The average molecular weight is 745 g/mol. The topological polar surface area (TPSA) is 217 Å². The Bertz CT molecular complexity index is 1650. The first-order chi connectivity index (χ1) is 25.5. The molecule has 1 saturated heterocycles. The van der Waals surface area contributed by atoms with Gasteiger partial charge in [-0.1, -0.05) is 103 Å². The Morgan fingerprint density at radius 2 is 1.28 bits per heavy atom. The number of aliphatic hydroxyl groups is 3. The number of esters is 1. The molecular formula is C40H56O13. The molecule has 1 aromatic heterocycles. The summed E-state index contributed by atoms with van der Waals surface area (Å²) in [6.07, 6.45) is 11.0. The molecule has 13 heteroatoms.